The van der Waals surface area contributed by atoms with Gasteiger partial charge in [0, 0.05) is 12.3 Å². The third-order valence-corrected chi connectivity index (χ3v) is 3.27. The summed E-state index contributed by atoms with van der Waals surface area (Å²) in [5, 5.41) is 3.11. The summed E-state index contributed by atoms with van der Waals surface area (Å²) in [5.41, 5.74) is 9.35. The topological polar surface area (TPSA) is 59.6 Å². The lowest BCUT2D eigenvalue weighted by Gasteiger charge is -2.09. The lowest BCUT2D eigenvalue weighted by atomic mass is 10.1. The van der Waals surface area contributed by atoms with Crippen molar-refractivity contribution in [1.29, 1.82) is 0 Å². The smallest absolute Gasteiger partial charge is 0.193 e. The SMILES string of the molecule is Cc1ccc(NC(N)=NCC2CCCO2)cc1C. The molecule has 1 aliphatic rings. The van der Waals surface area contributed by atoms with Crippen molar-refractivity contribution >= 4 is 11.6 Å². The first-order chi connectivity index (χ1) is 8.65. The highest BCUT2D eigenvalue weighted by molar-refractivity contribution is 5.92. The predicted octanol–water partition coefficient (Wildman–Crippen LogP) is 2.21. The van der Waals surface area contributed by atoms with Gasteiger partial charge < -0.3 is 15.8 Å². The summed E-state index contributed by atoms with van der Waals surface area (Å²) in [6.45, 7) is 5.67. The molecular formula is C14H21N3O. The number of nitrogens with two attached hydrogens (primary N) is 1. The van der Waals surface area contributed by atoms with Crippen molar-refractivity contribution in [2.45, 2.75) is 32.8 Å². The highest BCUT2D eigenvalue weighted by Crippen LogP contribution is 2.14. The molecule has 1 unspecified atom stereocenters. The van der Waals surface area contributed by atoms with Gasteiger partial charge in [-0.15, -0.1) is 0 Å². The van der Waals surface area contributed by atoms with Crippen LogP contribution in [0.25, 0.3) is 0 Å². The summed E-state index contributed by atoms with van der Waals surface area (Å²) in [7, 11) is 0. The zero-order valence-corrected chi connectivity index (χ0v) is 11.1. The molecule has 0 saturated carbocycles. The first-order valence-electron chi connectivity index (χ1n) is 6.41. The van der Waals surface area contributed by atoms with Gasteiger partial charge in [-0.2, -0.15) is 0 Å². The molecule has 4 heteroatoms. The molecule has 1 aromatic carbocycles. The Kier molecular flexibility index (Phi) is 4.20. The van der Waals surface area contributed by atoms with E-state index in [9.17, 15) is 0 Å². The first kappa shape index (κ1) is 12.9. The standard InChI is InChI=1S/C14H21N3O/c1-10-5-6-12(8-11(10)2)17-14(15)16-9-13-4-3-7-18-13/h5-6,8,13H,3-4,7,9H2,1-2H3,(H3,15,16,17). The number of hydrogen-bond donors (Lipinski definition) is 2. The average Bonchev–Trinajstić information content (AvgIpc) is 2.84. The zero-order valence-electron chi connectivity index (χ0n) is 11.1. The van der Waals surface area contributed by atoms with Gasteiger partial charge in [0.1, 0.15) is 0 Å². The first-order valence-corrected chi connectivity index (χ1v) is 6.41. The molecule has 3 N–H and O–H groups in total. The van der Waals surface area contributed by atoms with E-state index in [0.29, 0.717) is 12.5 Å². The number of guanidine groups is 1. The van der Waals surface area contributed by atoms with Crippen LogP contribution in [0, 0.1) is 13.8 Å². The summed E-state index contributed by atoms with van der Waals surface area (Å²) >= 11 is 0. The van der Waals surface area contributed by atoms with Crippen molar-refractivity contribution in [2.75, 3.05) is 18.5 Å². The minimum atomic E-state index is 0.241. The van der Waals surface area contributed by atoms with Crippen molar-refractivity contribution in [2.24, 2.45) is 10.7 Å². The summed E-state index contributed by atoms with van der Waals surface area (Å²) in [4.78, 5) is 4.31. The van der Waals surface area contributed by atoms with Gasteiger partial charge in [-0.3, -0.25) is 4.99 Å². The Morgan fingerprint density at radius 2 is 2.28 bits per heavy atom. The van der Waals surface area contributed by atoms with E-state index in [1.807, 2.05) is 6.07 Å². The second-order valence-electron chi connectivity index (χ2n) is 4.78. The van der Waals surface area contributed by atoms with Crippen LogP contribution in [-0.2, 0) is 4.74 Å². The number of aryl methyl sites for hydroxylation is 2. The highest BCUT2D eigenvalue weighted by Gasteiger charge is 2.14. The van der Waals surface area contributed by atoms with Crippen LogP contribution in [0.3, 0.4) is 0 Å². The second-order valence-corrected chi connectivity index (χ2v) is 4.78. The Morgan fingerprint density at radius 3 is 2.94 bits per heavy atom. The molecule has 0 aromatic heterocycles. The number of ether oxygens (including phenoxy) is 1. The molecule has 0 spiro atoms. The molecule has 0 radical (unpaired) electrons. The molecule has 0 amide bonds. The van der Waals surface area contributed by atoms with Crippen LogP contribution in [0.15, 0.2) is 23.2 Å². The average molecular weight is 247 g/mol. The molecular weight excluding hydrogens is 226 g/mol. The lowest BCUT2D eigenvalue weighted by molar-refractivity contribution is 0.118. The van der Waals surface area contributed by atoms with E-state index in [1.165, 1.54) is 11.1 Å². The van der Waals surface area contributed by atoms with E-state index >= 15 is 0 Å². The van der Waals surface area contributed by atoms with Gasteiger partial charge in [0.25, 0.3) is 0 Å². The van der Waals surface area contributed by atoms with Gasteiger partial charge in [-0.05, 0) is 49.9 Å². The van der Waals surface area contributed by atoms with Crippen LogP contribution in [0.2, 0.25) is 0 Å². The Bertz CT molecular complexity index is 437. The molecule has 1 saturated heterocycles. The number of benzene rings is 1. The van der Waals surface area contributed by atoms with Gasteiger partial charge >= 0.3 is 0 Å². The number of aliphatic imine (C=N–C) groups is 1. The summed E-state index contributed by atoms with van der Waals surface area (Å²) in [6, 6.07) is 6.16. The number of hydrogen-bond acceptors (Lipinski definition) is 2. The molecule has 1 fully saturated rings. The minimum absolute atomic E-state index is 0.241. The maximum absolute atomic E-state index is 5.86. The Labute approximate surface area is 108 Å². The number of nitrogens with one attached hydrogen (secondary N) is 1. The van der Waals surface area contributed by atoms with E-state index < -0.39 is 0 Å². The third kappa shape index (κ3) is 3.47. The number of rotatable bonds is 3. The van der Waals surface area contributed by atoms with Crippen molar-refractivity contribution in [1.82, 2.24) is 0 Å². The fraction of sp³-hybridized carbons (Fsp3) is 0.500. The summed E-state index contributed by atoms with van der Waals surface area (Å²) < 4.78 is 5.50. The van der Waals surface area contributed by atoms with Crippen molar-refractivity contribution in [3.8, 4) is 0 Å². The van der Waals surface area contributed by atoms with Gasteiger partial charge in [0.15, 0.2) is 5.96 Å². The molecule has 1 aliphatic heterocycles. The Balaban J connectivity index is 1.90. The van der Waals surface area contributed by atoms with E-state index in [4.69, 9.17) is 10.5 Å². The molecule has 1 atom stereocenters. The van der Waals surface area contributed by atoms with Crippen LogP contribution in [-0.4, -0.2) is 25.2 Å². The summed E-state index contributed by atoms with van der Waals surface area (Å²) in [5.74, 6) is 0.453. The normalized spacial score (nSPS) is 20.1. The van der Waals surface area contributed by atoms with Gasteiger partial charge in [-0.25, -0.2) is 0 Å². The van der Waals surface area contributed by atoms with E-state index in [1.54, 1.807) is 0 Å². The van der Waals surface area contributed by atoms with Crippen LogP contribution in [0.4, 0.5) is 5.69 Å². The third-order valence-electron chi connectivity index (χ3n) is 3.27. The largest absolute Gasteiger partial charge is 0.376 e. The quantitative estimate of drug-likeness (QED) is 0.636. The van der Waals surface area contributed by atoms with Crippen LogP contribution >= 0.6 is 0 Å². The predicted molar refractivity (Wildman–Crippen MR) is 75.0 cm³/mol. The minimum Gasteiger partial charge on any atom is -0.376 e. The van der Waals surface area contributed by atoms with Gasteiger partial charge in [-0.1, -0.05) is 6.07 Å². The Hall–Kier alpha value is -1.55. The molecule has 18 heavy (non-hydrogen) atoms. The maximum Gasteiger partial charge on any atom is 0.193 e. The van der Waals surface area contributed by atoms with E-state index in [2.05, 4.69) is 36.3 Å². The van der Waals surface area contributed by atoms with Crippen molar-refractivity contribution in [3.63, 3.8) is 0 Å². The highest BCUT2D eigenvalue weighted by atomic mass is 16.5. The lowest BCUT2D eigenvalue weighted by Crippen LogP contribution is -2.24. The van der Waals surface area contributed by atoms with E-state index in [-0.39, 0.29) is 6.10 Å². The number of anilines is 1. The zero-order chi connectivity index (χ0) is 13.0. The molecule has 1 heterocycles. The molecule has 0 bridgehead atoms. The molecule has 0 aliphatic carbocycles. The monoisotopic (exact) mass is 247 g/mol. The molecule has 98 valence electrons. The van der Waals surface area contributed by atoms with E-state index in [0.717, 1.165) is 25.1 Å². The maximum atomic E-state index is 5.86. The molecule has 4 nitrogen and oxygen atoms in total. The van der Waals surface area contributed by atoms with Crippen molar-refractivity contribution < 1.29 is 4.74 Å². The van der Waals surface area contributed by atoms with Gasteiger partial charge in [0.05, 0.1) is 12.6 Å². The summed E-state index contributed by atoms with van der Waals surface area (Å²) in [6.07, 6.45) is 2.45. The number of nitrogens with zero attached hydrogens (tertiary/aromatic N) is 1. The fourth-order valence-corrected chi connectivity index (χ4v) is 2.00. The van der Waals surface area contributed by atoms with Crippen LogP contribution < -0.4 is 11.1 Å². The van der Waals surface area contributed by atoms with Gasteiger partial charge in [0.2, 0.25) is 0 Å². The van der Waals surface area contributed by atoms with Crippen molar-refractivity contribution in [3.05, 3.63) is 29.3 Å². The van der Waals surface area contributed by atoms with Crippen LogP contribution in [0.1, 0.15) is 24.0 Å². The fourth-order valence-electron chi connectivity index (χ4n) is 2.00. The molecule has 2 rings (SSSR count). The molecule has 1 aromatic rings. The Morgan fingerprint density at radius 1 is 1.44 bits per heavy atom. The van der Waals surface area contributed by atoms with Crippen LogP contribution in [0.5, 0.6) is 0 Å². The second kappa shape index (κ2) is 5.87.